The van der Waals surface area contributed by atoms with Crippen LogP contribution in [0.25, 0.3) is 0 Å². The molecule has 0 aromatic carbocycles. The molecule has 1 rings (SSSR count). The third kappa shape index (κ3) is 5.50. The Morgan fingerprint density at radius 2 is 2.12 bits per heavy atom. The first-order valence-corrected chi connectivity index (χ1v) is 6.63. The van der Waals surface area contributed by atoms with Crippen LogP contribution in [0.3, 0.4) is 0 Å². The second kappa shape index (κ2) is 6.97. The average molecular weight is 242 g/mol. The van der Waals surface area contributed by atoms with Gasteiger partial charge in [0.2, 0.25) is 0 Å². The van der Waals surface area contributed by atoms with Gasteiger partial charge in [0.1, 0.15) is 0 Å². The second-order valence-corrected chi connectivity index (χ2v) is 5.57. The van der Waals surface area contributed by atoms with Gasteiger partial charge < -0.3 is 10.0 Å². The Kier molecular flexibility index (Phi) is 5.92. The van der Waals surface area contributed by atoms with Crippen molar-refractivity contribution in [1.29, 1.82) is 0 Å². The fourth-order valence-corrected chi connectivity index (χ4v) is 2.33. The minimum Gasteiger partial charge on any atom is -0.481 e. The molecule has 4 heteroatoms. The summed E-state index contributed by atoms with van der Waals surface area (Å²) in [5.41, 5.74) is 0. The Morgan fingerprint density at radius 3 is 2.71 bits per heavy atom. The molecular weight excluding hydrogens is 216 g/mol. The molecule has 1 atom stereocenters. The van der Waals surface area contributed by atoms with Crippen LogP contribution < -0.4 is 0 Å². The van der Waals surface area contributed by atoms with Crippen LogP contribution in [0.15, 0.2) is 0 Å². The van der Waals surface area contributed by atoms with Gasteiger partial charge in [0, 0.05) is 32.1 Å². The molecule has 1 aliphatic rings. The molecule has 1 heterocycles. The summed E-state index contributed by atoms with van der Waals surface area (Å²) < 4.78 is 0. The fraction of sp³-hybridized carbons (Fsp3) is 0.923. The smallest absolute Gasteiger partial charge is 0.303 e. The van der Waals surface area contributed by atoms with Crippen molar-refractivity contribution in [2.75, 3.05) is 33.2 Å². The van der Waals surface area contributed by atoms with E-state index in [1.165, 1.54) is 6.42 Å². The number of carboxylic acids is 1. The highest BCUT2D eigenvalue weighted by Crippen LogP contribution is 2.15. The van der Waals surface area contributed by atoms with Crippen LogP contribution in [-0.2, 0) is 4.79 Å². The lowest BCUT2D eigenvalue weighted by Gasteiger charge is -2.40. The molecule has 0 radical (unpaired) electrons. The fourth-order valence-electron chi connectivity index (χ4n) is 2.33. The summed E-state index contributed by atoms with van der Waals surface area (Å²) >= 11 is 0. The van der Waals surface area contributed by atoms with E-state index < -0.39 is 5.97 Å². The van der Waals surface area contributed by atoms with E-state index in [1.54, 1.807) is 0 Å². The second-order valence-electron chi connectivity index (χ2n) is 5.57. The summed E-state index contributed by atoms with van der Waals surface area (Å²) in [5.74, 6) is 0.0387. The number of piperazine rings is 1. The number of aliphatic carboxylic acids is 1. The third-order valence-electron chi connectivity index (χ3n) is 3.49. The first-order valence-electron chi connectivity index (χ1n) is 6.63. The van der Waals surface area contributed by atoms with Gasteiger partial charge in [-0.05, 0) is 32.4 Å². The molecule has 1 N–H and O–H groups in total. The Balaban J connectivity index is 2.43. The maximum absolute atomic E-state index is 10.7. The molecule has 0 amide bonds. The maximum atomic E-state index is 10.7. The van der Waals surface area contributed by atoms with E-state index in [2.05, 4.69) is 30.7 Å². The molecule has 0 aromatic heterocycles. The Morgan fingerprint density at radius 1 is 1.41 bits per heavy atom. The first-order chi connectivity index (χ1) is 7.99. The van der Waals surface area contributed by atoms with Gasteiger partial charge in [0.25, 0.3) is 0 Å². The van der Waals surface area contributed by atoms with Gasteiger partial charge in [-0.2, -0.15) is 0 Å². The number of rotatable bonds is 6. The zero-order chi connectivity index (χ0) is 12.8. The molecule has 1 saturated heterocycles. The minimum atomic E-state index is -0.679. The number of carboxylic acid groups (broad SMARTS) is 1. The van der Waals surface area contributed by atoms with Gasteiger partial charge in [-0.3, -0.25) is 9.69 Å². The molecule has 1 unspecified atom stereocenters. The van der Waals surface area contributed by atoms with E-state index in [0.29, 0.717) is 6.04 Å². The number of hydrogen-bond donors (Lipinski definition) is 1. The lowest BCUT2D eigenvalue weighted by atomic mass is 10.0. The first kappa shape index (κ1) is 14.5. The van der Waals surface area contributed by atoms with E-state index in [9.17, 15) is 4.79 Å². The number of carbonyl (C=O) groups is 1. The zero-order valence-electron chi connectivity index (χ0n) is 11.4. The monoisotopic (exact) mass is 242 g/mol. The minimum absolute atomic E-state index is 0.288. The van der Waals surface area contributed by atoms with Crippen LogP contribution in [0, 0.1) is 5.92 Å². The van der Waals surface area contributed by atoms with Gasteiger partial charge in [0.05, 0.1) is 0 Å². The van der Waals surface area contributed by atoms with Crippen molar-refractivity contribution in [3.63, 3.8) is 0 Å². The van der Waals surface area contributed by atoms with Crippen LogP contribution in [0.5, 0.6) is 0 Å². The lowest BCUT2D eigenvalue weighted by Crippen LogP contribution is -2.52. The Bertz CT molecular complexity index is 244. The molecule has 1 fully saturated rings. The standard InChI is InChI=1S/C13H26N2O2/c1-11(2)6-7-15-9-8-14(3)10-12(15)4-5-13(16)17/h11-12H,4-10H2,1-3H3,(H,16,17). The summed E-state index contributed by atoms with van der Waals surface area (Å²) in [6, 6.07) is 0.420. The van der Waals surface area contributed by atoms with E-state index in [4.69, 9.17) is 5.11 Å². The summed E-state index contributed by atoms with van der Waals surface area (Å²) in [7, 11) is 2.12. The molecule has 17 heavy (non-hydrogen) atoms. The van der Waals surface area contributed by atoms with Crippen molar-refractivity contribution in [2.24, 2.45) is 5.92 Å². The largest absolute Gasteiger partial charge is 0.481 e. The number of hydrogen-bond acceptors (Lipinski definition) is 3. The van der Waals surface area contributed by atoms with Crippen molar-refractivity contribution >= 4 is 5.97 Å². The topological polar surface area (TPSA) is 43.8 Å². The number of nitrogens with zero attached hydrogens (tertiary/aromatic N) is 2. The molecule has 0 aliphatic carbocycles. The highest BCUT2D eigenvalue weighted by molar-refractivity contribution is 5.66. The van der Waals surface area contributed by atoms with Crippen molar-refractivity contribution in [1.82, 2.24) is 9.80 Å². The predicted molar refractivity (Wildman–Crippen MR) is 69.2 cm³/mol. The van der Waals surface area contributed by atoms with Crippen LogP contribution in [0.1, 0.15) is 33.1 Å². The van der Waals surface area contributed by atoms with Crippen molar-refractivity contribution in [2.45, 2.75) is 39.2 Å². The van der Waals surface area contributed by atoms with E-state index in [0.717, 1.165) is 38.5 Å². The van der Waals surface area contributed by atoms with E-state index >= 15 is 0 Å². The summed E-state index contributed by atoms with van der Waals surface area (Å²) in [5, 5.41) is 8.78. The summed E-state index contributed by atoms with van der Waals surface area (Å²) in [6.45, 7) is 8.76. The van der Waals surface area contributed by atoms with Crippen molar-refractivity contribution < 1.29 is 9.90 Å². The highest BCUT2D eigenvalue weighted by atomic mass is 16.4. The summed E-state index contributed by atoms with van der Waals surface area (Å²) in [6.07, 6.45) is 2.27. The molecule has 0 saturated carbocycles. The van der Waals surface area contributed by atoms with Crippen molar-refractivity contribution in [3.8, 4) is 0 Å². The van der Waals surface area contributed by atoms with Crippen LogP contribution in [-0.4, -0.2) is 60.1 Å². The molecule has 100 valence electrons. The average Bonchev–Trinajstić information content (AvgIpc) is 2.24. The Hall–Kier alpha value is -0.610. The SMILES string of the molecule is CC(C)CCN1CCN(C)CC1CCC(=O)O. The normalized spacial score (nSPS) is 23.2. The quantitative estimate of drug-likeness (QED) is 0.767. The molecule has 0 bridgehead atoms. The molecule has 1 aliphatic heterocycles. The summed E-state index contributed by atoms with van der Waals surface area (Å²) in [4.78, 5) is 15.4. The molecule has 0 spiro atoms. The van der Waals surface area contributed by atoms with Gasteiger partial charge in [-0.1, -0.05) is 13.8 Å². The third-order valence-corrected chi connectivity index (χ3v) is 3.49. The van der Waals surface area contributed by atoms with E-state index in [-0.39, 0.29) is 6.42 Å². The van der Waals surface area contributed by atoms with Gasteiger partial charge in [0.15, 0.2) is 0 Å². The zero-order valence-corrected chi connectivity index (χ0v) is 11.4. The number of likely N-dealkylation sites (N-methyl/N-ethyl adjacent to an activating group) is 1. The van der Waals surface area contributed by atoms with Crippen LogP contribution in [0.2, 0.25) is 0 Å². The molecular formula is C13H26N2O2. The van der Waals surface area contributed by atoms with Gasteiger partial charge in [-0.25, -0.2) is 0 Å². The van der Waals surface area contributed by atoms with Gasteiger partial charge >= 0.3 is 5.97 Å². The predicted octanol–water partition coefficient (Wildman–Crippen LogP) is 1.51. The van der Waals surface area contributed by atoms with Crippen LogP contribution in [0.4, 0.5) is 0 Å². The molecule has 0 aromatic rings. The van der Waals surface area contributed by atoms with Crippen LogP contribution >= 0.6 is 0 Å². The van der Waals surface area contributed by atoms with Gasteiger partial charge in [-0.15, -0.1) is 0 Å². The highest BCUT2D eigenvalue weighted by Gasteiger charge is 2.25. The Labute approximate surface area is 105 Å². The van der Waals surface area contributed by atoms with Crippen molar-refractivity contribution in [3.05, 3.63) is 0 Å². The lowest BCUT2D eigenvalue weighted by molar-refractivity contribution is -0.137. The van der Waals surface area contributed by atoms with E-state index in [1.807, 2.05) is 0 Å². The maximum Gasteiger partial charge on any atom is 0.303 e. The molecule has 4 nitrogen and oxygen atoms in total.